The molecule has 3 nitrogen and oxygen atoms in total. The van der Waals surface area contributed by atoms with Crippen molar-refractivity contribution in [3.63, 3.8) is 0 Å². The van der Waals surface area contributed by atoms with Gasteiger partial charge in [0.05, 0.1) is 0 Å². The summed E-state index contributed by atoms with van der Waals surface area (Å²) in [6, 6.07) is 4.52. The van der Waals surface area contributed by atoms with Crippen LogP contribution in [0.3, 0.4) is 0 Å². The first kappa shape index (κ1) is 10.4. The predicted octanol–water partition coefficient (Wildman–Crippen LogP) is 0.949. The number of amides is 1. The molecule has 0 heterocycles. The van der Waals surface area contributed by atoms with E-state index in [9.17, 15) is 14.0 Å². The molecule has 0 spiro atoms. The lowest BCUT2D eigenvalue weighted by atomic mass is 10.1. The van der Waals surface area contributed by atoms with Gasteiger partial charge in [-0.1, -0.05) is 12.1 Å². The van der Waals surface area contributed by atoms with Crippen molar-refractivity contribution in [2.75, 3.05) is 0 Å². The van der Waals surface area contributed by atoms with E-state index in [1.54, 1.807) is 19.1 Å². The van der Waals surface area contributed by atoms with Crippen molar-refractivity contribution < 1.29 is 14.0 Å². The van der Waals surface area contributed by atoms with Crippen LogP contribution in [0.4, 0.5) is 4.39 Å². The molecule has 0 atom stereocenters. The number of halogens is 1. The standard InChI is InChI=1S/C10H10FNO2/c1-7-4-8(2-3-9(7)11)5-12-10(14)6-13/h2-4,6H,5H2,1H3,(H,12,14). The Hall–Kier alpha value is -1.71. The average molecular weight is 195 g/mol. The van der Waals surface area contributed by atoms with Crippen molar-refractivity contribution in [2.24, 2.45) is 0 Å². The largest absolute Gasteiger partial charge is 0.346 e. The molecule has 0 saturated heterocycles. The zero-order valence-electron chi connectivity index (χ0n) is 7.71. The van der Waals surface area contributed by atoms with Gasteiger partial charge in [-0.3, -0.25) is 9.59 Å². The zero-order valence-corrected chi connectivity index (χ0v) is 7.71. The molecular weight excluding hydrogens is 185 g/mol. The highest BCUT2D eigenvalue weighted by Crippen LogP contribution is 2.08. The van der Waals surface area contributed by atoms with Crippen LogP contribution in [0.2, 0.25) is 0 Å². The maximum Gasteiger partial charge on any atom is 0.284 e. The van der Waals surface area contributed by atoms with Crippen LogP contribution < -0.4 is 5.32 Å². The molecule has 0 aromatic heterocycles. The second-order valence-corrected chi connectivity index (χ2v) is 2.92. The van der Waals surface area contributed by atoms with Gasteiger partial charge in [-0.05, 0) is 24.1 Å². The van der Waals surface area contributed by atoms with Crippen LogP contribution >= 0.6 is 0 Å². The van der Waals surface area contributed by atoms with E-state index >= 15 is 0 Å². The van der Waals surface area contributed by atoms with Gasteiger partial charge < -0.3 is 5.32 Å². The van der Waals surface area contributed by atoms with E-state index in [0.29, 0.717) is 5.56 Å². The highest BCUT2D eigenvalue weighted by molar-refractivity contribution is 6.23. The molecule has 1 amide bonds. The third kappa shape index (κ3) is 2.65. The van der Waals surface area contributed by atoms with Gasteiger partial charge in [-0.2, -0.15) is 0 Å². The van der Waals surface area contributed by atoms with Crippen molar-refractivity contribution in [3.8, 4) is 0 Å². The Morgan fingerprint density at radius 1 is 1.57 bits per heavy atom. The van der Waals surface area contributed by atoms with E-state index in [-0.39, 0.29) is 18.6 Å². The number of carbonyl (C=O) groups excluding carboxylic acids is 2. The van der Waals surface area contributed by atoms with Crippen LogP contribution in [0.5, 0.6) is 0 Å². The summed E-state index contributed by atoms with van der Waals surface area (Å²) in [7, 11) is 0. The summed E-state index contributed by atoms with van der Waals surface area (Å²) < 4.78 is 12.8. The molecule has 0 saturated carbocycles. The average Bonchev–Trinajstić information content (AvgIpc) is 2.19. The maximum atomic E-state index is 12.8. The molecule has 1 N–H and O–H groups in total. The van der Waals surface area contributed by atoms with Gasteiger partial charge in [0.2, 0.25) is 6.29 Å². The summed E-state index contributed by atoms with van der Waals surface area (Å²) in [6.45, 7) is 1.87. The van der Waals surface area contributed by atoms with E-state index < -0.39 is 5.91 Å². The highest BCUT2D eigenvalue weighted by Gasteiger charge is 2.00. The molecule has 0 unspecified atom stereocenters. The van der Waals surface area contributed by atoms with E-state index in [1.807, 2.05) is 0 Å². The molecule has 4 heteroatoms. The first-order chi connectivity index (χ1) is 6.63. The van der Waals surface area contributed by atoms with Crippen LogP contribution in [0.25, 0.3) is 0 Å². The Balaban J connectivity index is 2.64. The first-order valence-electron chi connectivity index (χ1n) is 4.11. The summed E-state index contributed by atoms with van der Waals surface area (Å²) >= 11 is 0. The number of benzene rings is 1. The minimum atomic E-state index is -0.674. The number of hydrogen-bond acceptors (Lipinski definition) is 2. The highest BCUT2D eigenvalue weighted by atomic mass is 19.1. The fraction of sp³-hybridized carbons (Fsp3) is 0.200. The lowest BCUT2D eigenvalue weighted by Crippen LogP contribution is -2.23. The molecule has 0 aliphatic carbocycles. The number of aryl methyl sites for hydroxylation is 1. The van der Waals surface area contributed by atoms with E-state index in [1.165, 1.54) is 6.07 Å². The molecule has 0 fully saturated rings. The van der Waals surface area contributed by atoms with E-state index in [4.69, 9.17) is 0 Å². The summed E-state index contributed by atoms with van der Waals surface area (Å²) in [6.07, 6.45) is 0.205. The predicted molar refractivity (Wildman–Crippen MR) is 49.0 cm³/mol. The van der Waals surface area contributed by atoms with Crippen LogP contribution in [-0.4, -0.2) is 12.2 Å². The van der Waals surface area contributed by atoms with Gasteiger partial charge in [-0.25, -0.2) is 4.39 Å². The SMILES string of the molecule is Cc1cc(CNC(=O)C=O)ccc1F. The number of nitrogens with one attached hydrogen (secondary N) is 1. The zero-order chi connectivity index (χ0) is 10.6. The Bertz CT molecular complexity index is 363. The minimum Gasteiger partial charge on any atom is -0.346 e. The lowest BCUT2D eigenvalue weighted by molar-refractivity contribution is -0.131. The second kappa shape index (κ2) is 4.50. The van der Waals surface area contributed by atoms with Crippen molar-refractivity contribution >= 4 is 12.2 Å². The molecule has 1 aromatic rings. The second-order valence-electron chi connectivity index (χ2n) is 2.92. The lowest BCUT2D eigenvalue weighted by Gasteiger charge is -2.03. The van der Waals surface area contributed by atoms with Crippen molar-refractivity contribution in [2.45, 2.75) is 13.5 Å². The van der Waals surface area contributed by atoms with Crippen molar-refractivity contribution in [3.05, 3.63) is 35.1 Å². The number of aldehydes is 1. The number of hydrogen-bond donors (Lipinski definition) is 1. The van der Waals surface area contributed by atoms with Gasteiger partial charge in [0.15, 0.2) is 0 Å². The molecule has 74 valence electrons. The molecule has 1 rings (SSSR count). The Labute approximate surface area is 80.9 Å². The molecular formula is C10H10FNO2. The molecule has 0 radical (unpaired) electrons. The van der Waals surface area contributed by atoms with E-state index in [2.05, 4.69) is 5.32 Å². The summed E-state index contributed by atoms with van der Waals surface area (Å²) in [5, 5.41) is 2.37. The molecule has 0 aliphatic heterocycles. The Morgan fingerprint density at radius 3 is 2.86 bits per heavy atom. The van der Waals surface area contributed by atoms with Gasteiger partial charge in [0.25, 0.3) is 5.91 Å². The van der Waals surface area contributed by atoms with Gasteiger partial charge in [0.1, 0.15) is 5.82 Å². The maximum absolute atomic E-state index is 12.8. The van der Waals surface area contributed by atoms with Crippen LogP contribution in [0, 0.1) is 12.7 Å². The van der Waals surface area contributed by atoms with Crippen molar-refractivity contribution in [1.29, 1.82) is 0 Å². The van der Waals surface area contributed by atoms with Crippen molar-refractivity contribution in [1.82, 2.24) is 5.32 Å². The van der Waals surface area contributed by atoms with Gasteiger partial charge >= 0.3 is 0 Å². The summed E-state index contributed by atoms with van der Waals surface area (Å²) in [5.74, 6) is -0.956. The molecule has 1 aromatic carbocycles. The molecule has 0 aliphatic rings. The topological polar surface area (TPSA) is 46.2 Å². The van der Waals surface area contributed by atoms with Crippen LogP contribution in [0.15, 0.2) is 18.2 Å². The fourth-order valence-electron chi connectivity index (χ4n) is 1.05. The van der Waals surface area contributed by atoms with Crippen LogP contribution in [0.1, 0.15) is 11.1 Å². The third-order valence-electron chi connectivity index (χ3n) is 1.80. The Kier molecular flexibility index (Phi) is 3.34. The summed E-state index contributed by atoms with van der Waals surface area (Å²) in [4.78, 5) is 20.6. The molecule has 14 heavy (non-hydrogen) atoms. The fourth-order valence-corrected chi connectivity index (χ4v) is 1.05. The van der Waals surface area contributed by atoms with Crippen LogP contribution in [-0.2, 0) is 16.1 Å². The third-order valence-corrected chi connectivity index (χ3v) is 1.80. The monoisotopic (exact) mass is 195 g/mol. The van der Waals surface area contributed by atoms with Gasteiger partial charge in [0, 0.05) is 6.54 Å². The minimum absolute atomic E-state index is 0.205. The Morgan fingerprint density at radius 2 is 2.29 bits per heavy atom. The number of carbonyl (C=O) groups is 2. The van der Waals surface area contributed by atoms with Gasteiger partial charge in [-0.15, -0.1) is 0 Å². The first-order valence-corrected chi connectivity index (χ1v) is 4.11. The summed E-state index contributed by atoms with van der Waals surface area (Å²) in [5.41, 5.74) is 1.28. The quantitative estimate of drug-likeness (QED) is 0.576. The van der Waals surface area contributed by atoms with E-state index in [0.717, 1.165) is 5.56 Å². The number of rotatable bonds is 3. The normalized spacial score (nSPS) is 9.57. The molecule has 0 bridgehead atoms. The smallest absolute Gasteiger partial charge is 0.284 e.